The molecule has 0 aliphatic carbocycles. The predicted molar refractivity (Wildman–Crippen MR) is 150 cm³/mol. The summed E-state index contributed by atoms with van der Waals surface area (Å²) in [6.45, 7) is 3.95. The number of hydrogen-bond donors (Lipinski definition) is 1. The van der Waals surface area contributed by atoms with Gasteiger partial charge in [0.1, 0.15) is 0 Å². The number of rotatable bonds is 8. The minimum absolute atomic E-state index is 0.178. The maximum atomic E-state index is 13.0. The molecule has 4 rings (SSSR count). The lowest BCUT2D eigenvalue weighted by molar-refractivity contribution is -0.118. The summed E-state index contributed by atoms with van der Waals surface area (Å²) >= 11 is 12.8. The lowest BCUT2D eigenvalue weighted by atomic mass is 10.1. The van der Waals surface area contributed by atoms with Crippen LogP contribution in [0.15, 0.2) is 71.6 Å². The van der Waals surface area contributed by atoms with Crippen molar-refractivity contribution in [1.29, 1.82) is 0 Å². The first-order valence-electron chi connectivity index (χ1n) is 11.1. The molecule has 0 atom stereocenters. The second kappa shape index (κ2) is 11.6. The van der Waals surface area contributed by atoms with Gasteiger partial charge >= 0.3 is 0 Å². The van der Waals surface area contributed by atoms with Gasteiger partial charge in [-0.25, -0.2) is 0 Å². The van der Waals surface area contributed by atoms with Gasteiger partial charge in [0.15, 0.2) is 22.4 Å². The smallest absolute Gasteiger partial charge is 0.270 e. The Morgan fingerprint density at radius 1 is 1.08 bits per heavy atom. The van der Waals surface area contributed by atoms with Gasteiger partial charge in [-0.05, 0) is 67.4 Å². The maximum absolute atomic E-state index is 13.0. The Morgan fingerprint density at radius 3 is 2.58 bits per heavy atom. The zero-order chi connectivity index (χ0) is 25.7. The van der Waals surface area contributed by atoms with Gasteiger partial charge in [0.05, 0.1) is 17.2 Å². The van der Waals surface area contributed by atoms with Gasteiger partial charge < -0.3 is 14.8 Å². The van der Waals surface area contributed by atoms with Crippen LogP contribution in [-0.4, -0.2) is 29.3 Å². The highest BCUT2D eigenvalue weighted by molar-refractivity contribution is 8.27. The van der Waals surface area contributed by atoms with Crippen LogP contribution in [0, 0.1) is 6.92 Å². The van der Waals surface area contributed by atoms with Crippen molar-refractivity contribution in [3.05, 3.63) is 87.8 Å². The minimum Gasteiger partial charge on any atom is -0.490 e. The number of benzene rings is 3. The third-order valence-corrected chi connectivity index (χ3v) is 6.90. The van der Waals surface area contributed by atoms with Gasteiger partial charge in [-0.1, -0.05) is 65.9 Å². The van der Waals surface area contributed by atoms with Crippen LogP contribution in [0.25, 0.3) is 6.08 Å². The first kappa shape index (κ1) is 25.8. The number of aryl methyl sites for hydroxylation is 1. The van der Waals surface area contributed by atoms with Crippen LogP contribution >= 0.6 is 35.6 Å². The van der Waals surface area contributed by atoms with Crippen LogP contribution in [0.2, 0.25) is 5.02 Å². The van der Waals surface area contributed by atoms with E-state index in [2.05, 4.69) is 5.32 Å². The van der Waals surface area contributed by atoms with E-state index in [1.54, 1.807) is 36.4 Å². The Bertz CT molecular complexity index is 1340. The van der Waals surface area contributed by atoms with Crippen molar-refractivity contribution in [3.63, 3.8) is 0 Å². The molecule has 1 aliphatic heterocycles. The molecule has 0 unspecified atom stereocenters. The van der Waals surface area contributed by atoms with E-state index in [1.807, 2.05) is 50.2 Å². The number of hydrogen-bond acceptors (Lipinski definition) is 6. The van der Waals surface area contributed by atoms with E-state index >= 15 is 0 Å². The molecule has 0 aromatic heterocycles. The fraction of sp³-hybridized carbons (Fsp3) is 0.148. The molecule has 0 spiro atoms. The van der Waals surface area contributed by atoms with Crippen LogP contribution < -0.4 is 19.7 Å². The van der Waals surface area contributed by atoms with Crippen molar-refractivity contribution >= 4 is 69.2 Å². The quantitative estimate of drug-likeness (QED) is 0.262. The van der Waals surface area contributed by atoms with Crippen molar-refractivity contribution in [2.45, 2.75) is 13.8 Å². The van der Waals surface area contributed by atoms with Crippen molar-refractivity contribution in [2.24, 2.45) is 0 Å². The molecule has 3 aromatic carbocycles. The van der Waals surface area contributed by atoms with E-state index in [0.29, 0.717) is 38.0 Å². The SMILES string of the molecule is CCOc1cc(/C=C2\SC(=S)N(c3ccccc3)C2=O)ccc1OCC(=O)Nc1ccc(C)c(Cl)c1. The van der Waals surface area contributed by atoms with E-state index in [4.69, 9.17) is 33.3 Å². The fourth-order valence-corrected chi connectivity index (χ4v) is 4.91. The number of para-hydroxylation sites is 1. The maximum Gasteiger partial charge on any atom is 0.270 e. The highest BCUT2D eigenvalue weighted by Gasteiger charge is 2.33. The lowest BCUT2D eigenvalue weighted by Gasteiger charge is -2.14. The molecular weight excluding hydrogens is 516 g/mol. The first-order chi connectivity index (χ1) is 17.4. The number of halogens is 1. The van der Waals surface area contributed by atoms with Crippen LogP contribution in [0.3, 0.4) is 0 Å². The molecule has 6 nitrogen and oxygen atoms in total. The molecule has 184 valence electrons. The Hall–Kier alpha value is -3.33. The number of thioether (sulfide) groups is 1. The summed E-state index contributed by atoms with van der Waals surface area (Å²) in [6, 6.07) is 19.9. The largest absolute Gasteiger partial charge is 0.490 e. The molecule has 9 heteroatoms. The summed E-state index contributed by atoms with van der Waals surface area (Å²) < 4.78 is 11.9. The zero-order valence-corrected chi connectivity index (χ0v) is 22.0. The van der Waals surface area contributed by atoms with Crippen LogP contribution in [0.1, 0.15) is 18.1 Å². The molecule has 36 heavy (non-hydrogen) atoms. The van der Waals surface area contributed by atoms with E-state index in [1.165, 1.54) is 16.7 Å². The molecule has 1 heterocycles. The number of amides is 2. The number of anilines is 2. The highest BCUT2D eigenvalue weighted by Crippen LogP contribution is 2.37. The number of carbonyl (C=O) groups excluding carboxylic acids is 2. The average Bonchev–Trinajstić information content (AvgIpc) is 3.14. The standard InChI is InChI=1S/C27H23ClN2O4S2/c1-3-33-23-13-18(14-24-26(32)30(27(35)36-24)20-7-5-4-6-8-20)10-12-22(23)34-16-25(31)29-19-11-9-17(2)21(28)15-19/h4-15H,3,16H2,1-2H3,(H,29,31)/b24-14-. The van der Waals surface area contributed by atoms with Crippen molar-refractivity contribution in [3.8, 4) is 11.5 Å². The molecular formula is C27H23ClN2O4S2. The number of nitrogens with one attached hydrogen (secondary N) is 1. The first-order valence-corrected chi connectivity index (χ1v) is 12.7. The molecule has 1 saturated heterocycles. The lowest BCUT2D eigenvalue weighted by Crippen LogP contribution is -2.27. The monoisotopic (exact) mass is 538 g/mol. The summed E-state index contributed by atoms with van der Waals surface area (Å²) in [6.07, 6.45) is 1.77. The van der Waals surface area contributed by atoms with Crippen molar-refractivity contribution < 1.29 is 19.1 Å². The van der Waals surface area contributed by atoms with E-state index in [9.17, 15) is 9.59 Å². The molecule has 0 saturated carbocycles. The molecule has 0 radical (unpaired) electrons. The molecule has 0 bridgehead atoms. The molecule has 1 N–H and O–H groups in total. The predicted octanol–water partition coefficient (Wildman–Crippen LogP) is 6.47. The van der Waals surface area contributed by atoms with Crippen molar-refractivity contribution in [1.82, 2.24) is 0 Å². The summed E-state index contributed by atoms with van der Waals surface area (Å²) in [4.78, 5) is 27.4. The molecule has 1 fully saturated rings. The van der Waals surface area contributed by atoms with Gasteiger partial charge in [-0.2, -0.15) is 0 Å². The summed E-state index contributed by atoms with van der Waals surface area (Å²) in [5.74, 6) is 0.382. The van der Waals surface area contributed by atoms with Gasteiger partial charge in [0, 0.05) is 10.7 Å². The summed E-state index contributed by atoms with van der Waals surface area (Å²) in [7, 11) is 0. The molecule has 3 aromatic rings. The molecule has 2 amide bonds. The minimum atomic E-state index is -0.328. The number of carbonyl (C=O) groups is 2. The van der Waals surface area contributed by atoms with Gasteiger partial charge in [0.2, 0.25) is 0 Å². The Morgan fingerprint density at radius 2 is 1.86 bits per heavy atom. The van der Waals surface area contributed by atoms with Gasteiger partial charge in [0.25, 0.3) is 11.8 Å². The summed E-state index contributed by atoms with van der Waals surface area (Å²) in [5, 5.41) is 3.33. The zero-order valence-electron chi connectivity index (χ0n) is 19.6. The third-order valence-electron chi connectivity index (χ3n) is 5.19. The normalized spacial score (nSPS) is 14.3. The van der Waals surface area contributed by atoms with E-state index in [-0.39, 0.29) is 18.4 Å². The second-order valence-electron chi connectivity index (χ2n) is 7.79. The second-order valence-corrected chi connectivity index (χ2v) is 9.88. The van der Waals surface area contributed by atoms with Gasteiger partial charge in [-0.15, -0.1) is 0 Å². The third kappa shape index (κ3) is 6.07. The topological polar surface area (TPSA) is 67.9 Å². The van der Waals surface area contributed by atoms with Crippen LogP contribution in [-0.2, 0) is 9.59 Å². The van der Waals surface area contributed by atoms with Crippen LogP contribution in [0.5, 0.6) is 11.5 Å². The average molecular weight is 539 g/mol. The molecule has 1 aliphatic rings. The van der Waals surface area contributed by atoms with Gasteiger partial charge in [-0.3, -0.25) is 14.5 Å². The highest BCUT2D eigenvalue weighted by atomic mass is 35.5. The Balaban J connectivity index is 1.46. The van der Waals surface area contributed by atoms with Crippen LogP contribution in [0.4, 0.5) is 11.4 Å². The van der Waals surface area contributed by atoms with E-state index < -0.39 is 0 Å². The number of thiocarbonyl (C=S) groups is 1. The van der Waals surface area contributed by atoms with Crippen molar-refractivity contribution in [2.75, 3.05) is 23.4 Å². The Labute approximate surface area is 224 Å². The van der Waals surface area contributed by atoms with E-state index in [0.717, 1.165) is 16.8 Å². The Kier molecular flexibility index (Phi) is 8.30. The summed E-state index contributed by atoms with van der Waals surface area (Å²) in [5.41, 5.74) is 2.99. The number of ether oxygens (including phenoxy) is 2. The number of nitrogens with zero attached hydrogens (tertiary/aromatic N) is 1. The fourth-order valence-electron chi connectivity index (χ4n) is 3.43.